The average molecular weight is 475 g/mol. The summed E-state index contributed by atoms with van der Waals surface area (Å²) in [6, 6.07) is 11.5. The van der Waals surface area contributed by atoms with Crippen LogP contribution in [0.2, 0.25) is 0 Å². The minimum absolute atomic E-state index is 0.169. The standard InChI is InChI=1S/C27H30N4O4/c1-16-22(14-20-15-28-13-12-23(20)29-16)25(33)30-21-10-8-18(9-11-21)17-4-6-19(7-5-17)24(32)31-27(2,3)26(34)35/h8-15,17,19H,4-7H2,1-3H3,(H,30,33)(H,31,32)(H,34,35)/t17-,19-. The first kappa shape index (κ1) is 24.3. The molecule has 2 heterocycles. The molecule has 0 saturated heterocycles. The number of rotatable bonds is 6. The molecule has 0 radical (unpaired) electrons. The van der Waals surface area contributed by atoms with E-state index in [9.17, 15) is 19.5 Å². The molecule has 0 aliphatic heterocycles. The second kappa shape index (κ2) is 9.82. The van der Waals surface area contributed by atoms with Crippen molar-refractivity contribution in [1.82, 2.24) is 15.3 Å². The summed E-state index contributed by atoms with van der Waals surface area (Å²) in [5, 5.41) is 15.6. The number of aryl methyl sites for hydroxylation is 1. The van der Waals surface area contributed by atoms with Crippen LogP contribution >= 0.6 is 0 Å². The lowest BCUT2D eigenvalue weighted by Gasteiger charge is -2.30. The van der Waals surface area contributed by atoms with Gasteiger partial charge in [0.1, 0.15) is 5.54 Å². The Balaban J connectivity index is 1.35. The van der Waals surface area contributed by atoms with E-state index >= 15 is 0 Å². The van der Waals surface area contributed by atoms with Gasteiger partial charge >= 0.3 is 5.97 Å². The number of carboxylic acids is 1. The van der Waals surface area contributed by atoms with Crippen molar-refractivity contribution >= 4 is 34.4 Å². The molecule has 0 spiro atoms. The number of aliphatic carboxylic acids is 1. The van der Waals surface area contributed by atoms with E-state index in [1.165, 1.54) is 19.4 Å². The van der Waals surface area contributed by atoms with Gasteiger partial charge in [0.25, 0.3) is 5.91 Å². The van der Waals surface area contributed by atoms with E-state index in [-0.39, 0.29) is 17.7 Å². The van der Waals surface area contributed by atoms with Gasteiger partial charge < -0.3 is 15.7 Å². The number of carboxylic acid groups (broad SMARTS) is 1. The highest BCUT2D eigenvalue weighted by molar-refractivity contribution is 6.06. The highest BCUT2D eigenvalue weighted by Gasteiger charge is 2.33. The molecule has 8 heteroatoms. The minimum Gasteiger partial charge on any atom is -0.480 e. The lowest BCUT2D eigenvalue weighted by molar-refractivity contribution is -0.146. The van der Waals surface area contributed by atoms with Gasteiger partial charge in [0, 0.05) is 29.4 Å². The Morgan fingerprint density at radius 2 is 1.71 bits per heavy atom. The molecule has 8 nitrogen and oxygen atoms in total. The predicted octanol–water partition coefficient (Wildman–Crippen LogP) is 4.44. The van der Waals surface area contributed by atoms with E-state index in [1.807, 2.05) is 37.3 Å². The fourth-order valence-corrected chi connectivity index (χ4v) is 4.53. The van der Waals surface area contributed by atoms with E-state index in [0.29, 0.717) is 35.7 Å². The number of pyridine rings is 2. The van der Waals surface area contributed by atoms with Crippen molar-refractivity contribution in [2.24, 2.45) is 5.92 Å². The molecule has 1 saturated carbocycles. The second-order valence-electron chi connectivity index (χ2n) is 9.73. The highest BCUT2D eigenvalue weighted by Crippen LogP contribution is 2.36. The van der Waals surface area contributed by atoms with Crippen LogP contribution in [0.1, 0.15) is 67.1 Å². The number of amides is 2. The zero-order chi connectivity index (χ0) is 25.2. The van der Waals surface area contributed by atoms with Gasteiger partial charge in [-0.3, -0.25) is 19.6 Å². The number of hydrogen-bond acceptors (Lipinski definition) is 5. The molecule has 2 aromatic heterocycles. The molecule has 1 aliphatic rings. The Hall–Kier alpha value is -3.81. The van der Waals surface area contributed by atoms with Gasteiger partial charge in [-0.1, -0.05) is 12.1 Å². The number of hydrogen-bond donors (Lipinski definition) is 3. The van der Waals surface area contributed by atoms with E-state index in [2.05, 4.69) is 20.6 Å². The summed E-state index contributed by atoms with van der Waals surface area (Å²) in [4.78, 5) is 45.2. The Kier molecular flexibility index (Phi) is 6.82. The number of anilines is 1. The fourth-order valence-electron chi connectivity index (χ4n) is 4.53. The molecule has 35 heavy (non-hydrogen) atoms. The first-order valence-corrected chi connectivity index (χ1v) is 11.8. The quantitative estimate of drug-likeness (QED) is 0.485. The highest BCUT2D eigenvalue weighted by atomic mass is 16.4. The first-order chi connectivity index (χ1) is 16.6. The normalized spacial score (nSPS) is 18.1. The molecule has 0 bridgehead atoms. The van der Waals surface area contributed by atoms with Crippen LogP contribution in [-0.4, -0.2) is 38.4 Å². The smallest absolute Gasteiger partial charge is 0.328 e. The second-order valence-corrected chi connectivity index (χ2v) is 9.73. The van der Waals surface area contributed by atoms with Gasteiger partial charge in [-0.15, -0.1) is 0 Å². The molecule has 0 unspecified atom stereocenters. The number of carbonyl (C=O) groups is 3. The van der Waals surface area contributed by atoms with Crippen LogP contribution in [-0.2, 0) is 9.59 Å². The number of nitrogens with one attached hydrogen (secondary N) is 2. The SMILES string of the molecule is Cc1nc2ccncc2cc1C(=O)Nc1ccc([C@H]2CC[C@H](C(=O)NC(C)(C)C(=O)O)CC2)cc1. The van der Waals surface area contributed by atoms with Crippen LogP contribution in [0.15, 0.2) is 48.8 Å². The topological polar surface area (TPSA) is 121 Å². The molecule has 4 rings (SSSR count). The van der Waals surface area contributed by atoms with Gasteiger partial charge in [-0.05, 0) is 82.2 Å². The molecule has 1 aromatic carbocycles. The molecule has 3 N–H and O–H groups in total. The summed E-state index contributed by atoms with van der Waals surface area (Å²) in [5.41, 5.74) is 2.57. The Morgan fingerprint density at radius 1 is 1.03 bits per heavy atom. The summed E-state index contributed by atoms with van der Waals surface area (Å²) in [6.45, 7) is 4.81. The third-order valence-corrected chi connectivity index (χ3v) is 6.76. The summed E-state index contributed by atoms with van der Waals surface area (Å²) in [6.07, 6.45) is 6.51. The van der Waals surface area contributed by atoms with Crippen LogP contribution in [0.5, 0.6) is 0 Å². The number of benzene rings is 1. The lowest BCUT2D eigenvalue weighted by Crippen LogP contribution is -2.51. The van der Waals surface area contributed by atoms with E-state index < -0.39 is 11.5 Å². The van der Waals surface area contributed by atoms with Gasteiger partial charge in [-0.25, -0.2) is 4.79 Å². The predicted molar refractivity (Wildman–Crippen MR) is 133 cm³/mol. The monoisotopic (exact) mass is 474 g/mol. The summed E-state index contributed by atoms with van der Waals surface area (Å²) in [5.74, 6) is -1.30. The minimum atomic E-state index is -1.27. The zero-order valence-corrected chi connectivity index (χ0v) is 20.2. The lowest BCUT2D eigenvalue weighted by atomic mass is 9.78. The van der Waals surface area contributed by atoms with Crippen molar-refractivity contribution < 1.29 is 19.5 Å². The van der Waals surface area contributed by atoms with Crippen LogP contribution < -0.4 is 10.6 Å². The maximum Gasteiger partial charge on any atom is 0.328 e. The molecule has 1 aliphatic carbocycles. The van der Waals surface area contributed by atoms with Gasteiger partial charge in [0.05, 0.1) is 16.8 Å². The van der Waals surface area contributed by atoms with Crippen LogP contribution in [0.4, 0.5) is 5.69 Å². The fraction of sp³-hybridized carbons (Fsp3) is 0.370. The van der Waals surface area contributed by atoms with E-state index in [4.69, 9.17) is 0 Å². The maximum absolute atomic E-state index is 12.9. The first-order valence-electron chi connectivity index (χ1n) is 11.8. The molecular weight excluding hydrogens is 444 g/mol. The van der Waals surface area contributed by atoms with Gasteiger partial charge in [0.2, 0.25) is 5.91 Å². The summed E-state index contributed by atoms with van der Waals surface area (Å²) >= 11 is 0. The number of carbonyl (C=O) groups excluding carboxylic acids is 2. The van der Waals surface area contributed by atoms with Crippen LogP contribution in [0.25, 0.3) is 10.9 Å². The van der Waals surface area contributed by atoms with Crippen molar-refractivity contribution in [3.8, 4) is 0 Å². The molecule has 1 fully saturated rings. The molecule has 182 valence electrons. The third kappa shape index (κ3) is 5.48. The maximum atomic E-state index is 12.9. The van der Waals surface area contributed by atoms with Crippen LogP contribution in [0.3, 0.4) is 0 Å². The molecule has 0 atom stereocenters. The third-order valence-electron chi connectivity index (χ3n) is 6.76. The van der Waals surface area contributed by atoms with Gasteiger partial charge in [-0.2, -0.15) is 0 Å². The van der Waals surface area contributed by atoms with E-state index in [1.54, 1.807) is 18.5 Å². The van der Waals surface area contributed by atoms with Crippen molar-refractivity contribution in [2.45, 2.75) is 57.9 Å². The van der Waals surface area contributed by atoms with Crippen molar-refractivity contribution in [3.05, 3.63) is 65.6 Å². The molecular formula is C27H30N4O4. The Morgan fingerprint density at radius 3 is 2.37 bits per heavy atom. The van der Waals surface area contributed by atoms with Crippen molar-refractivity contribution in [1.29, 1.82) is 0 Å². The largest absolute Gasteiger partial charge is 0.480 e. The number of nitrogens with zero attached hydrogens (tertiary/aromatic N) is 2. The Bertz CT molecular complexity index is 1260. The summed E-state index contributed by atoms with van der Waals surface area (Å²) in [7, 11) is 0. The van der Waals surface area contributed by atoms with Crippen molar-refractivity contribution in [2.75, 3.05) is 5.32 Å². The zero-order valence-electron chi connectivity index (χ0n) is 20.2. The number of aromatic nitrogens is 2. The number of fused-ring (bicyclic) bond motifs is 1. The van der Waals surface area contributed by atoms with E-state index in [0.717, 1.165) is 23.7 Å². The molecule has 2 amide bonds. The molecule has 3 aromatic rings. The Labute approximate surface area is 204 Å². The van der Waals surface area contributed by atoms with Gasteiger partial charge in [0.15, 0.2) is 0 Å². The van der Waals surface area contributed by atoms with Crippen LogP contribution in [0, 0.1) is 12.8 Å². The summed E-state index contributed by atoms with van der Waals surface area (Å²) < 4.78 is 0. The van der Waals surface area contributed by atoms with Crippen molar-refractivity contribution in [3.63, 3.8) is 0 Å². The average Bonchev–Trinajstić information content (AvgIpc) is 2.83.